The predicted octanol–water partition coefficient (Wildman–Crippen LogP) is 2.48. The minimum absolute atomic E-state index is 0.189. The Kier molecular flexibility index (Phi) is 2.01. The highest BCUT2D eigenvalue weighted by Gasteiger charge is 2.07. The number of aromatic carboxylic acids is 1. The molecule has 4 heteroatoms. The highest BCUT2D eigenvalue weighted by molar-refractivity contribution is 6.07. The lowest BCUT2D eigenvalue weighted by Crippen LogP contribution is -1.97. The normalized spacial score (nSPS) is 10.8. The molecule has 0 radical (unpaired) electrons. The monoisotopic (exact) mass is 224 g/mol. The van der Waals surface area contributed by atoms with Crippen LogP contribution in [0.5, 0.6) is 0 Å². The average molecular weight is 224 g/mol. The maximum atomic E-state index is 10.9. The van der Waals surface area contributed by atoms with Crippen LogP contribution in [-0.2, 0) is 0 Å². The zero-order valence-corrected chi connectivity index (χ0v) is 8.79. The van der Waals surface area contributed by atoms with Gasteiger partial charge in [0.25, 0.3) is 0 Å². The summed E-state index contributed by atoms with van der Waals surface area (Å²) >= 11 is 0. The Balaban J connectivity index is 2.46. The fraction of sp³-hybridized carbons (Fsp3) is 0. The molecule has 4 nitrogen and oxygen atoms in total. The van der Waals surface area contributed by atoms with Gasteiger partial charge in [-0.25, -0.2) is 4.79 Å². The van der Waals surface area contributed by atoms with E-state index < -0.39 is 5.97 Å². The summed E-state index contributed by atoms with van der Waals surface area (Å²) in [5.74, 6) is -0.972. The molecule has 1 N–H and O–H groups in total. The van der Waals surface area contributed by atoms with Gasteiger partial charge in [-0.15, -0.1) is 0 Å². The topological polar surface area (TPSA) is 63.1 Å². The number of hydrogen-bond acceptors (Lipinski definition) is 3. The van der Waals surface area contributed by atoms with E-state index in [4.69, 9.17) is 5.11 Å². The van der Waals surface area contributed by atoms with E-state index in [1.807, 2.05) is 18.2 Å². The molecule has 3 aromatic rings. The Bertz CT molecular complexity index is 738. The van der Waals surface area contributed by atoms with Crippen LogP contribution >= 0.6 is 0 Å². The van der Waals surface area contributed by atoms with Crippen molar-refractivity contribution in [3.8, 4) is 0 Å². The molecule has 0 aliphatic rings. The predicted molar refractivity (Wildman–Crippen MR) is 64.0 cm³/mol. The Labute approximate surface area is 96.6 Å². The lowest BCUT2D eigenvalue weighted by molar-refractivity contribution is 0.0696. The largest absolute Gasteiger partial charge is 0.478 e. The van der Waals surface area contributed by atoms with Gasteiger partial charge in [-0.3, -0.25) is 9.97 Å². The molecule has 0 fully saturated rings. The molecule has 0 saturated heterocycles. The number of carboxylic acid groups (broad SMARTS) is 1. The molecule has 0 saturated carbocycles. The van der Waals surface area contributed by atoms with Crippen molar-refractivity contribution in [3.63, 3.8) is 0 Å². The van der Waals surface area contributed by atoms with Gasteiger partial charge < -0.3 is 5.11 Å². The van der Waals surface area contributed by atoms with Gasteiger partial charge in [0, 0.05) is 29.4 Å². The molecule has 0 unspecified atom stereocenters. The fourth-order valence-electron chi connectivity index (χ4n) is 1.89. The highest BCUT2D eigenvalue weighted by atomic mass is 16.4. The number of pyridine rings is 2. The average Bonchev–Trinajstić information content (AvgIpc) is 2.38. The summed E-state index contributed by atoms with van der Waals surface area (Å²) in [6, 6.07) is 7.35. The third-order valence-electron chi connectivity index (χ3n) is 2.73. The number of carbonyl (C=O) groups is 1. The Morgan fingerprint density at radius 2 is 2.00 bits per heavy atom. The Morgan fingerprint density at radius 3 is 2.82 bits per heavy atom. The number of benzene rings is 1. The van der Waals surface area contributed by atoms with Crippen molar-refractivity contribution in [1.29, 1.82) is 0 Å². The zero-order chi connectivity index (χ0) is 11.8. The molecule has 2 aromatic heterocycles. The third kappa shape index (κ3) is 1.50. The maximum Gasteiger partial charge on any atom is 0.337 e. The number of carboxylic acids is 1. The van der Waals surface area contributed by atoms with Crippen LogP contribution < -0.4 is 0 Å². The second-order valence-electron chi connectivity index (χ2n) is 3.76. The van der Waals surface area contributed by atoms with Gasteiger partial charge in [-0.2, -0.15) is 0 Å². The van der Waals surface area contributed by atoms with E-state index in [0.29, 0.717) is 0 Å². The van der Waals surface area contributed by atoms with Crippen LogP contribution in [0.4, 0.5) is 0 Å². The molecule has 0 aliphatic carbocycles. The van der Waals surface area contributed by atoms with Crippen molar-refractivity contribution in [2.24, 2.45) is 0 Å². The van der Waals surface area contributed by atoms with Crippen molar-refractivity contribution in [3.05, 3.63) is 48.4 Å². The zero-order valence-electron chi connectivity index (χ0n) is 8.79. The van der Waals surface area contributed by atoms with Crippen LogP contribution in [0, 0.1) is 0 Å². The molecule has 1 aromatic carbocycles. The summed E-state index contributed by atoms with van der Waals surface area (Å²) in [5, 5.41) is 11.7. The van der Waals surface area contributed by atoms with Gasteiger partial charge in [0.15, 0.2) is 0 Å². The van der Waals surface area contributed by atoms with Crippen molar-refractivity contribution in [2.45, 2.75) is 0 Å². The lowest BCUT2D eigenvalue weighted by Gasteiger charge is -2.03. The van der Waals surface area contributed by atoms with E-state index in [0.717, 1.165) is 21.7 Å². The van der Waals surface area contributed by atoms with E-state index in [1.165, 1.54) is 6.20 Å². The first-order chi connectivity index (χ1) is 8.25. The SMILES string of the molecule is O=C(O)c1cnc2ccc3ccncc3c2c1. The van der Waals surface area contributed by atoms with Crippen molar-refractivity contribution in [2.75, 3.05) is 0 Å². The molecule has 0 aliphatic heterocycles. The molecule has 0 atom stereocenters. The number of fused-ring (bicyclic) bond motifs is 3. The summed E-state index contributed by atoms with van der Waals surface area (Å²) in [4.78, 5) is 19.1. The molecule has 3 rings (SSSR count). The number of hydrogen-bond donors (Lipinski definition) is 1. The number of nitrogens with zero attached hydrogens (tertiary/aromatic N) is 2. The van der Waals surface area contributed by atoms with Crippen molar-refractivity contribution >= 4 is 27.6 Å². The van der Waals surface area contributed by atoms with Gasteiger partial charge in [-0.1, -0.05) is 6.07 Å². The first-order valence-electron chi connectivity index (χ1n) is 5.11. The maximum absolute atomic E-state index is 10.9. The molecule has 0 bridgehead atoms. The van der Waals surface area contributed by atoms with E-state index in [1.54, 1.807) is 18.5 Å². The second kappa shape index (κ2) is 3.52. The van der Waals surface area contributed by atoms with E-state index >= 15 is 0 Å². The van der Waals surface area contributed by atoms with Crippen LogP contribution in [0.15, 0.2) is 42.9 Å². The van der Waals surface area contributed by atoms with Crippen molar-refractivity contribution < 1.29 is 9.90 Å². The van der Waals surface area contributed by atoms with Crippen LogP contribution in [0.2, 0.25) is 0 Å². The van der Waals surface area contributed by atoms with Crippen LogP contribution in [0.1, 0.15) is 10.4 Å². The molecule has 0 spiro atoms. The fourth-order valence-corrected chi connectivity index (χ4v) is 1.89. The number of rotatable bonds is 1. The highest BCUT2D eigenvalue weighted by Crippen LogP contribution is 2.23. The second-order valence-corrected chi connectivity index (χ2v) is 3.76. The smallest absolute Gasteiger partial charge is 0.337 e. The first kappa shape index (κ1) is 9.72. The van der Waals surface area contributed by atoms with E-state index in [2.05, 4.69) is 9.97 Å². The summed E-state index contributed by atoms with van der Waals surface area (Å²) in [5.41, 5.74) is 0.962. The van der Waals surface area contributed by atoms with Crippen LogP contribution in [0.25, 0.3) is 21.7 Å². The standard InChI is InChI=1S/C13H8N2O2/c16-13(17)9-5-10-11-7-14-4-3-8(11)1-2-12(10)15-6-9/h1-7H,(H,16,17). The molecule has 17 heavy (non-hydrogen) atoms. The van der Waals surface area contributed by atoms with Gasteiger partial charge in [0.2, 0.25) is 0 Å². The molecule has 0 amide bonds. The molecular formula is C13H8N2O2. The van der Waals surface area contributed by atoms with Gasteiger partial charge in [0.05, 0.1) is 11.1 Å². The van der Waals surface area contributed by atoms with Gasteiger partial charge in [-0.05, 0) is 23.6 Å². The Hall–Kier alpha value is -2.49. The number of aromatic nitrogens is 2. The lowest BCUT2D eigenvalue weighted by atomic mass is 10.1. The minimum atomic E-state index is -0.972. The minimum Gasteiger partial charge on any atom is -0.478 e. The molecule has 82 valence electrons. The first-order valence-corrected chi connectivity index (χ1v) is 5.11. The van der Waals surface area contributed by atoms with Crippen LogP contribution in [-0.4, -0.2) is 21.0 Å². The molecular weight excluding hydrogens is 216 g/mol. The Morgan fingerprint density at radius 1 is 1.12 bits per heavy atom. The third-order valence-corrected chi connectivity index (χ3v) is 2.73. The summed E-state index contributed by atoms with van der Waals surface area (Å²) < 4.78 is 0. The van der Waals surface area contributed by atoms with Crippen LogP contribution in [0.3, 0.4) is 0 Å². The molecule has 2 heterocycles. The van der Waals surface area contributed by atoms with Crippen molar-refractivity contribution in [1.82, 2.24) is 9.97 Å². The van der Waals surface area contributed by atoms with Gasteiger partial charge >= 0.3 is 5.97 Å². The summed E-state index contributed by atoms with van der Waals surface area (Å²) in [6.45, 7) is 0. The van der Waals surface area contributed by atoms with E-state index in [-0.39, 0.29) is 5.56 Å². The quantitative estimate of drug-likeness (QED) is 0.645. The van der Waals surface area contributed by atoms with Gasteiger partial charge in [0.1, 0.15) is 0 Å². The van der Waals surface area contributed by atoms with E-state index in [9.17, 15) is 4.79 Å². The summed E-state index contributed by atoms with van der Waals surface area (Å²) in [6.07, 6.45) is 4.81. The summed E-state index contributed by atoms with van der Waals surface area (Å²) in [7, 11) is 0.